The van der Waals surface area contributed by atoms with E-state index in [-0.39, 0.29) is 5.75 Å². The van der Waals surface area contributed by atoms with Gasteiger partial charge >= 0.3 is 0 Å². The average Bonchev–Trinajstić information content (AvgIpc) is 2.20. The Kier molecular flexibility index (Phi) is 2.86. The molecule has 4 heteroatoms. The maximum atomic E-state index is 9.68. The predicted octanol–water partition coefficient (Wildman–Crippen LogP) is 3.05. The molecule has 0 atom stereocenters. The van der Waals surface area contributed by atoms with Gasteiger partial charge in [0.15, 0.2) is 4.73 Å². The number of hydrogen-bond acceptors (Lipinski definition) is 3. The number of rotatable bonds is 2. The molecule has 0 aliphatic rings. The molecule has 0 aliphatic heterocycles. The first-order chi connectivity index (χ1) is 7.22. The molecule has 1 aromatic heterocycles. The Morgan fingerprint density at radius 2 is 2.13 bits per heavy atom. The van der Waals surface area contributed by atoms with Crippen molar-refractivity contribution in [3.05, 3.63) is 28.6 Å². The molecule has 1 aromatic carbocycles. The molecule has 1 N–H and O–H groups in total. The molecular weight excluding hydrogens is 256 g/mol. The predicted molar refractivity (Wildman–Crippen MR) is 62.9 cm³/mol. The molecule has 0 spiro atoms. The van der Waals surface area contributed by atoms with Crippen LogP contribution >= 0.6 is 15.9 Å². The van der Waals surface area contributed by atoms with Gasteiger partial charge in [-0.1, -0.05) is 25.5 Å². The Labute approximate surface area is 96.3 Å². The summed E-state index contributed by atoms with van der Waals surface area (Å²) in [4.78, 5) is 8.50. The fourth-order valence-corrected chi connectivity index (χ4v) is 1.99. The number of benzene rings is 1. The molecule has 0 radical (unpaired) electrons. The number of fused-ring (bicyclic) bond motifs is 1. The van der Waals surface area contributed by atoms with E-state index in [1.165, 1.54) is 0 Å². The second-order valence-electron chi connectivity index (χ2n) is 3.36. The van der Waals surface area contributed by atoms with Crippen LogP contribution in [0, 0.1) is 0 Å². The Morgan fingerprint density at radius 3 is 2.87 bits per heavy atom. The third-order valence-electron chi connectivity index (χ3n) is 2.24. The summed E-state index contributed by atoms with van der Waals surface area (Å²) in [5.74, 6) is 0.202. The lowest BCUT2D eigenvalue weighted by molar-refractivity contribution is 0.480. The monoisotopic (exact) mass is 266 g/mol. The van der Waals surface area contributed by atoms with Gasteiger partial charge in [-0.25, -0.2) is 9.97 Å². The van der Waals surface area contributed by atoms with Crippen LogP contribution < -0.4 is 0 Å². The molecule has 2 aromatic rings. The van der Waals surface area contributed by atoms with Crippen LogP contribution in [-0.2, 0) is 6.42 Å². The average molecular weight is 267 g/mol. The van der Waals surface area contributed by atoms with Crippen molar-refractivity contribution in [1.29, 1.82) is 0 Å². The van der Waals surface area contributed by atoms with Crippen molar-refractivity contribution < 1.29 is 5.11 Å². The summed E-state index contributed by atoms with van der Waals surface area (Å²) >= 11 is 3.25. The van der Waals surface area contributed by atoms with Gasteiger partial charge in [-0.15, -0.1) is 0 Å². The fraction of sp³-hybridized carbons (Fsp3) is 0.273. The fourth-order valence-electron chi connectivity index (χ4n) is 1.60. The van der Waals surface area contributed by atoms with Gasteiger partial charge in [-0.2, -0.15) is 0 Å². The largest absolute Gasteiger partial charge is 0.506 e. The van der Waals surface area contributed by atoms with Gasteiger partial charge in [0.2, 0.25) is 0 Å². The summed E-state index contributed by atoms with van der Waals surface area (Å²) in [6.45, 7) is 2.10. The zero-order chi connectivity index (χ0) is 10.8. The molecule has 1 heterocycles. The van der Waals surface area contributed by atoms with Crippen LogP contribution in [-0.4, -0.2) is 15.1 Å². The summed E-state index contributed by atoms with van der Waals surface area (Å²) in [6.07, 6.45) is 1.91. The van der Waals surface area contributed by atoms with E-state index in [0.29, 0.717) is 10.3 Å². The van der Waals surface area contributed by atoms with E-state index in [1.54, 1.807) is 6.07 Å². The summed E-state index contributed by atoms with van der Waals surface area (Å²) < 4.78 is 0.528. The zero-order valence-electron chi connectivity index (χ0n) is 8.37. The molecule has 0 unspecified atom stereocenters. The van der Waals surface area contributed by atoms with E-state index in [2.05, 4.69) is 32.8 Å². The maximum absolute atomic E-state index is 9.68. The van der Waals surface area contributed by atoms with E-state index in [4.69, 9.17) is 0 Å². The molecular formula is C11H11BrN2O. The zero-order valence-corrected chi connectivity index (χ0v) is 9.95. The number of aromatic hydroxyl groups is 1. The van der Waals surface area contributed by atoms with Crippen LogP contribution in [0.1, 0.15) is 19.0 Å². The number of para-hydroxylation sites is 1. The summed E-state index contributed by atoms with van der Waals surface area (Å²) in [5.41, 5.74) is 1.59. The van der Waals surface area contributed by atoms with E-state index < -0.39 is 0 Å². The quantitative estimate of drug-likeness (QED) is 0.850. The van der Waals surface area contributed by atoms with Gasteiger partial charge in [0, 0.05) is 5.39 Å². The van der Waals surface area contributed by atoms with E-state index in [9.17, 15) is 5.11 Å². The van der Waals surface area contributed by atoms with Gasteiger partial charge in [0.1, 0.15) is 11.3 Å². The van der Waals surface area contributed by atoms with Crippen LogP contribution in [0.5, 0.6) is 5.75 Å². The van der Waals surface area contributed by atoms with Crippen molar-refractivity contribution in [2.75, 3.05) is 0 Å². The smallest absolute Gasteiger partial charge is 0.197 e. The van der Waals surface area contributed by atoms with Gasteiger partial charge in [-0.05, 0) is 28.4 Å². The van der Waals surface area contributed by atoms with Crippen molar-refractivity contribution in [1.82, 2.24) is 9.97 Å². The minimum absolute atomic E-state index is 0.202. The molecule has 2 rings (SSSR count). The molecule has 78 valence electrons. The van der Waals surface area contributed by atoms with Gasteiger partial charge < -0.3 is 5.11 Å². The van der Waals surface area contributed by atoms with Gasteiger partial charge in [0.05, 0.1) is 5.69 Å². The maximum Gasteiger partial charge on any atom is 0.197 e. The normalized spacial score (nSPS) is 10.8. The van der Waals surface area contributed by atoms with Crippen LogP contribution in [0.15, 0.2) is 22.9 Å². The van der Waals surface area contributed by atoms with E-state index in [1.807, 2.05) is 12.1 Å². The van der Waals surface area contributed by atoms with Crippen molar-refractivity contribution in [3.8, 4) is 5.75 Å². The van der Waals surface area contributed by atoms with Gasteiger partial charge in [-0.3, -0.25) is 0 Å². The summed E-state index contributed by atoms with van der Waals surface area (Å²) in [5, 5.41) is 10.6. The van der Waals surface area contributed by atoms with Crippen LogP contribution in [0.4, 0.5) is 0 Å². The second-order valence-corrected chi connectivity index (χ2v) is 4.07. The van der Waals surface area contributed by atoms with E-state index >= 15 is 0 Å². The number of nitrogens with zero attached hydrogens (tertiary/aromatic N) is 2. The van der Waals surface area contributed by atoms with Crippen molar-refractivity contribution in [2.45, 2.75) is 19.8 Å². The van der Waals surface area contributed by atoms with Crippen molar-refractivity contribution >= 4 is 26.8 Å². The molecule has 15 heavy (non-hydrogen) atoms. The molecule has 0 aliphatic carbocycles. The Hall–Kier alpha value is -1.16. The standard InChI is InChI=1S/C11H11BrN2O/c1-2-4-8-7-5-3-6-9(15)10(7)14-11(12)13-8/h3,5-6,15H,2,4H2,1H3. The minimum atomic E-state index is 0.202. The van der Waals surface area contributed by atoms with Crippen molar-refractivity contribution in [3.63, 3.8) is 0 Å². The minimum Gasteiger partial charge on any atom is -0.506 e. The molecule has 0 bridgehead atoms. The first-order valence-electron chi connectivity index (χ1n) is 4.86. The highest BCUT2D eigenvalue weighted by molar-refractivity contribution is 9.10. The molecule has 0 saturated heterocycles. The molecule has 3 nitrogen and oxygen atoms in total. The highest BCUT2D eigenvalue weighted by Crippen LogP contribution is 2.26. The van der Waals surface area contributed by atoms with Crippen LogP contribution in [0.2, 0.25) is 0 Å². The Balaban J connectivity index is 2.74. The third-order valence-corrected chi connectivity index (χ3v) is 2.60. The van der Waals surface area contributed by atoms with Crippen LogP contribution in [0.25, 0.3) is 10.9 Å². The molecule has 0 amide bonds. The van der Waals surface area contributed by atoms with Crippen LogP contribution in [0.3, 0.4) is 0 Å². The first-order valence-corrected chi connectivity index (χ1v) is 5.65. The SMILES string of the molecule is CCCc1nc(Br)nc2c(O)cccc12. The summed E-state index contributed by atoms with van der Waals surface area (Å²) in [7, 11) is 0. The first kappa shape index (κ1) is 10.4. The number of phenols is 1. The van der Waals surface area contributed by atoms with E-state index in [0.717, 1.165) is 23.9 Å². The number of halogens is 1. The van der Waals surface area contributed by atoms with Crippen molar-refractivity contribution in [2.24, 2.45) is 0 Å². The number of aromatic nitrogens is 2. The second kappa shape index (κ2) is 4.14. The third kappa shape index (κ3) is 1.95. The summed E-state index contributed by atoms with van der Waals surface area (Å²) in [6, 6.07) is 5.39. The number of hydrogen-bond donors (Lipinski definition) is 1. The lowest BCUT2D eigenvalue weighted by Crippen LogP contribution is -1.95. The molecule has 0 fully saturated rings. The molecule has 0 saturated carbocycles. The number of aryl methyl sites for hydroxylation is 1. The highest BCUT2D eigenvalue weighted by atomic mass is 79.9. The Bertz CT molecular complexity index is 499. The lowest BCUT2D eigenvalue weighted by Gasteiger charge is -2.05. The Morgan fingerprint density at radius 1 is 1.33 bits per heavy atom. The highest BCUT2D eigenvalue weighted by Gasteiger charge is 2.08. The van der Waals surface area contributed by atoms with Gasteiger partial charge in [0.25, 0.3) is 0 Å². The lowest BCUT2D eigenvalue weighted by atomic mass is 10.1. The topological polar surface area (TPSA) is 46.0 Å². The number of phenolic OH excluding ortho intramolecular Hbond substituents is 1.